The van der Waals surface area contributed by atoms with Gasteiger partial charge >= 0.3 is 0 Å². The molecule has 30 heavy (non-hydrogen) atoms. The van der Waals surface area contributed by atoms with Gasteiger partial charge in [0, 0.05) is 25.3 Å². The summed E-state index contributed by atoms with van der Waals surface area (Å²) in [6, 6.07) is 13.6. The van der Waals surface area contributed by atoms with Crippen LogP contribution in [0.15, 0.2) is 63.1 Å². The standard InChI is InChI=1S/C19H19ClN4O4S2/c1-12(29-19-23-22-18(28-19)13-7-5-4-6-8-13)17(25)21-14-9-10-15(20)16(11-14)30(26,27)24(2)3/h4-12H,1-3H3,(H,21,25). The Morgan fingerprint density at radius 3 is 2.53 bits per heavy atom. The molecular weight excluding hydrogens is 448 g/mol. The van der Waals surface area contributed by atoms with Gasteiger partial charge in [0.2, 0.25) is 21.8 Å². The van der Waals surface area contributed by atoms with E-state index in [-0.39, 0.29) is 21.0 Å². The van der Waals surface area contributed by atoms with Crippen molar-refractivity contribution in [2.24, 2.45) is 0 Å². The van der Waals surface area contributed by atoms with E-state index in [1.807, 2.05) is 30.3 Å². The minimum Gasteiger partial charge on any atom is -0.411 e. The zero-order valence-electron chi connectivity index (χ0n) is 16.4. The van der Waals surface area contributed by atoms with Crippen LogP contribution in [0, 0.1) is 0 Å². The molecule has 1 N–H and O–H groups in total. The number of carbonyl (C=O) groups excluding carboxylic acids is 1. The Bertz CT molecular complexity index is 1150. The smallest absolute Gasteiger partial charge is 0.277 e. The molecule has 0 radical (unpaired) electrons. The highest BCUT2D eigenvalue weighted by atomic mass is 35.5. The van der Waals surface area contributed by atoms with Gasteiger partial charge in [0.05, 0.1) is 10.3 Å². The van der Waals surface area contributed by atoms with Crippen molar-refractivity contribution < 1.29 is 17.6 Å². The van der Waals surface area contributed by atoms with E-state index in [2.05, 4.69) is 15.5 Å². The molecule has 8 nitrogen and oxygen atoms in total. The van der Waals surface area contributed by atoms with Crippen LogP contribution in [0.25, 0.3) is 11.5 Å². The van der Waals surface area contributed by atoms with E-state index in [0.29, 0.717) is 11.6 Å². The van der Waals surface area contributed by atoms with Gasteiger partial charge in [-0.05, 0) is 37.3 Å². The Balaban J connectivity index is 1.70. The maximum atomic E-state index is 12.6. The van der Waals surface area contributed by atoms with Crippen molar-refractivity contribution in [2.75, 3.05) is 19.4 Å². The van der Waals surface area contributed by atoms with E-state index >= 15 is 0 Å². The molecule has 3 aromatic rings. The number of anilines is 1. The molecule has 1 unspecified atom stereocenters. The van der Waals surface area contributed by atoms with Gasteiger partial charge in [-0.1, -0.05) is 41.6 Å². The van der Waals surface area contributed by atoms with Crippen molar-refractivity contribution in [1.29, 1.82) is 0 Å². The van der Waals surface area contributed by atoms with Gasteiger partial charge in [0.15, 0.2) is 0 Å². The number of hydrogen-bond donors (Lipinski definition) is 1. The number of amides is 1. The average molecular weight is 467 g/mol. The van der Waals surface area contributed by atoms with E-state index in [1.54, 1.807) is 6.92 Å². The Morgan fingerprint density at radius 2 is 1.87 bits per heavy atom. The average Bonchev–Trinajstić information content (AvgIpc) is 3.18. The predicted molar refractivity (Wildman–Crippen MR) is 116 cm³/mol. The van der Waals surface area contributed by atoms with Gasteiger partial charge < -0.3 is 9.73 Å². The van der Waals surface area contributed by atoms with Crippen LogP contribution in [0.3, 0.4) is 0 Å². The van der Waals surface area contributed by atoms with Crippen molar-refractivity contribution in [3.8, 4) is 11.5 Å². The van der Waals surface area contributed by atoms with Crippen molar-refractivity contribution in [3.05, 3.63) is 53.6 Å². The Kier molecular flexibility index (Phi) is 6.81. The van der Waals surface area contributed by atoms with Crippen molar-refractivity contribution in [1.82, 2.24) is 14.5 Å². The molecule has 158 valence electrons. The molecule has 0 bridgehead atoms. The van der Waals surface area contributed by atoms with Gasteiger partial charge in [-0.15, -0.1) is 10.2 Å². The molecule has 1 amide bonds. The summed E-state index contributed by atoms with van der Waals surface area (Å²) in [4.78, 5) is 12.5. The second-order valence-corrected chi connectivity index (χ2v) is 10.2. The predicted octanol–water partition coefficient (Wildman–Crippen LogP) is 3.76. The number of nitrogens with one attached hydrogen (secondary N) is 1. The van der Waals surface area contributed by atoms with Crippen LogP contribution in [-0.2, 0) is 14.8 Å². The highest BCUT2D eigenvalue weighted by Crippen LogP contribution is 2.29. The van der Waals surface area contributed by atoms with Crippen LogP contribution < -0.4 is 5.32 Å². The summed E-state index contributed by atoms with van der Waals surface area (Å²) in [5, 5.41) is 10.4. The Labute approximate surface area is 183 Å². The SMILES string of the molecule is CC(Sc1nnc(-c2ccccc2)o1)C(=O)Nc1ccc(Cl)c(S(=O)(=O)N(C)C)c1. The number of rotatable bonds is 7. The van der Waals surface area contributed by atoms with Crippen LogP contribution >= 0.6 is 23.4 Å². The van der Waals surface area contributed by atoms with Crippen molar-refractivity contribution in [3.63, 3.8) is 0 Å². The third-order valence-electron chi connectivity index (χ3n) is 4.03. The third-order valence-corrected chi connectivity index (χ3v) is 7.26. The normalized spacial score (nSPS) is 12.7. The summed E-state index contributed by atoms with van der Waals surface area (Å²) in [5.41, 5.74) is 1.09. The van der Waals surface area contributed by atoms with Gasteiger partial charge in [-0.3, -0.25) is 4.79 Å². The molecule has 0 aliphatic carbocycles. The van der Waals surface area contributed by atoms with Crippen LogP contribution in [0.2, 0.25) is 5.02 Å². The molecule has 1 atom stereocenters. The molecule has 0 saturated carbocycles. The molecule has 1 aromatic heterocycles. The summed E-state index contributed by atoms with van der Waals surface area (Å²) in [6.07, 6.45) is 0. The highest BCUT2D eigenvalue weighted by Gasteiger charge is 2.23. The number of nitrogens with zero attached hydrogens (tertiary/aromatic N) is 3. The summed E-state index contributed by atoms with van der Waals surface area (Å²) < 4.78 is 31.4. The molecule has 11 heteroatoms. The molecule has 0 spiro atoms. The number of carbonyl (C=O) groups is 1. The van der Waals surface area contributed by atoms with Crippen LogP contribution in [0.1, 0.15) is 6.92 Å². The minimum atomic E-state index is -3.75. The van der Waals surface area contributed by atoms with Crippen LogP contribution in [0.5, 0.6) is 0 Å². The largest absolute Gasteiger partial charge is 0.411 e. The lowest BCUT2D eigenvalue weighted by molar-refractivity contribution is -0.115. The van der Waals surface area contributed by atoms with Gasteiger partial charge in [-0.25, -0.2) is 12.7 Å². The summed E-state index contributed by atoms with van der Waals surface area (Å²) in [7, 11) is -0.934. The summed E-state index contributed by atoms with van der Waals surface area (Å²) in [5.74, 6) is 0.0110. The highest BCUT2D eigenvalue weighted by molar-refractivity contribution is 8.00. The number of halogens is 1. The maximum Gasteiger partial charge on any atom is 0.277 e. The van der Waals surface area contributed by atoms with Crippen LogP contribution in [0.4, 0.5) is 5.69 Å². The van der Waals surface area contributed by atoms with E-state index in [1.165, 1.54) is 32.3 Å². The Hall–Kier alpha value is -2.40. The monoisotopic (exact) mass is 466 g/mol. The zero-order chi connectivity index (χ0) is 21.9. The lowest BCUT2D eigenvalue weighted by atomic mass is 10.2. The maximum absolute atomic E-state index is 12.6. The number of thioether (sulfide) groups is 1. The topological polar surface area (TPSA) is 105 Å². The molecule has 1 heterocycles. The second-order valence-electron chi connectivity index (χ2n) is 6.42. The lowest BCUT2D eigenvalue weighted by Gasteiger charge is -2.15. The first-order valence-corrected chi connectivity index (χ1v) is 11.5. The number of benzene rings is 2. The molecule has 2 aromatic carbocycles. The first kappa shape index (κ1) is 22.3. The fourth-order valence-corrected chi connectivity index (χ4v) is 4.46. The summed E-state index contributed by atoms with van der Waals surface area (Å²) >= 11 is 7.13. The van der Waals surface area contributed by atoms with Gasteiger partial charge in [0.25, 0.3) is 5.22 Å². The van der Waals surface area contributed by atoms with E-state index in [4.69, 9.17) is 16.0 Å². The zero-order valence-corrected chi connectivity index (χ0v) is 18.8. The van der Waals surface area contributed by atoms with E-state index < -0.39 is 15.3 Å². The molecule has 0 fully saturated rings. The lowest BCUT2D eigenvalue weighted by Crippen LogP contribution is -2.24. The third kappa shape index (κ3) is 5.01. The van der Waals surface area contributed by atoms with E-state index in [9.17, 15) is 13.2 Å². The number of aromatic nitrogens is 2. The fraction of sp³-hybridized carbons (Fsp3) is 0.211. The fourth-order valence-electron chi connectivity index (χ4n) is 2.38. The molecule has 0 aliphatic heterocycles. The van der Waals surface area contributed by atoms with Crippen LogP contribution in [-0.4, -0.2) is 48.2 Å². The quantitative estimate of drug-likeness (QED) is 0.528. The molecule has 0 saturated heterocycles. The van der Waals surface area contributed by atoms with E-state index in [0.717, 1.165) is 21.6 Å². The molecule has 0 aliphatic rings. The molecule has 3 rings (SSSR count). The number of sulfonamides is 1. The van der Waals surface area contributed by atoms with Crippen molar-refractivity contribution >= 4 is 45.0 Å². The van der Waals surface area contributed by atoms with Crippen molar-refractivity contribution in [2.45, 2.75) is 22.3 Å². The first-order valence-electron chi connectivity index (χ1n) is 8.77. The van der Waals surface area contributed by atoms with Gasteiger partial charge in [0.1, 0.15) is 4.90 Å². The van der Waals surface area contributed by atoms with Gasteiger partial charge in [-0.2, -0.15) is 0 Å². The molecular formula is C19H19ClN4O4S2. The number of hydrogen-bond acceptors (Lipinski definition) is 7. The second kappa shape index (κ2) is 9.17. The first-order chi connectivity index (χ1) is 14.2. The Morgan fingerprint density at radius 1 is 1.17 bits per heavy atom. The minimum absolute atomic E-state index is 0.0726. The summed E-state index contributed by atoms with van der Waals surface area (Å²) in [6.45, 7) is 1.68.